The molecular formula is C10H11ClNO4S-. The Kier molecular flexibility index (Phi) is 4.13. The lowest BCUT2D eigenvalue weighted by Crippen LogP contribution is -2.30. The summed E-state index contributed by atoms with van der Waals surface area (Å²) in [7, 11) is -3.73. The van der Waals surface area contributed by atoms with Crippen LogP contribution in [-0.4, -0.2) is 20.4 Å². The van der Waals surface area contributed by atoms with Crippen LogP contribution in [0.3, 0.4) is 0 Å². The van der Waals surface area contributed by atoms with Gasteiger partial charge in [0.1, 0.15) is 0 Å². The molecule has 0 fully saturated rings. The minimum absolute atomic E-state index is 0.0616. The molecule has 0 radical (unpaired) electrons. The van der Waals surface area contributed by atoms with E-state index in [0.29, 0.717) is 0 Å². The number of hydrogen-bond donors (Lipinski definition) is 1. The summed E-state index contributed by atoms with van der Waals surface area (Å²) in [6.45, 7) is 3.32. The van der Waals surface area contributed by atoms with E-state index in [-0.39, 0.29) is 21.5 Å². The van der Waals surface area contributed by atoms with Crippen molar-refractivity contribution in [1.82, 2.24) is 4.72 Å². The first kappa shape index (κ1) is 14.0. The number of sulfonamides is 1. The van der Waals surface area contributed by atoms with E-state index in [1.165, 1.54) is 12.1 Å². The van der Waals surface area contributed by atoms with E-state index in [0.717, 1.165) is 6.07 Å². The van der Waals surface area contributed by atoms with Gasteiger partial charge in [-0.2, -0.15) is 0 Å². The molecule has 17 heavy (non-hydrogen) atoms. The second-order valence-corrected chi connectivity index (χ2v) is 5.83. The summed E-state index contributed by atoms with van der Waals surface area (Å²) in [5, 5.41) is 10.7. The predicted octanol–water partition coefficient (Wildman–Crippen LogP) is 0.390. The molecular weight excluding hydrogens is 266 g/mol. The first-order valence-corrected chi connectivity index (χ1v) is 6.63. The predicted molar refractivity (Wildman–Crippen MR) is 61.2 cm³/mol. The van der Waals surface area contributed by atoms with Gasteiger partial charge in [0, 0.05) is 16.6 Å². The van der Waals surface area contributed by atoms with E-state index in [9.17, 15) is 18.3 Å². The Labute approximate surface area is 104 Å². The second-order valence-electron chi connectivity index (χ2n) is 3.71. The van der Waals surface area contributed by atoms with Crippen molar-refractivity contribution in [3.05, 3.63) is 28.8 Å². The maximum atomic E-state index is 11.8. The Morgan fingerprint density at radius 3 is 2.47 bits per heavy atom. The SMILES string of the molecule is CC(C)NS(=O)(=O)c1ccc(Cl)c(C(=O)[O-])c1. The largest absolute Gasteiger partial charge is 0.545 e. The third-order valence-corrected chi connectivity index (χ3v) is 3.84. The number of carbonyl (C=O) groups excluding carboxylic acids is 1. The van der Waals surface area contributed by atoms with Crippen LogP contribution in [0.2, 0.25) is 5.02 Å². The number of rotatable bonds is 4. The smallest absolute Gasteiger partial charge is 0.240 e. The number of hydrogen-bond acceptors (Lipinski definition) is 4. The minimum atomic E-state index is -3.73. The van der Waals surface area contributed by atoms with Crippen LogP contribution in [0.15, 0.2) is 23.1 Å². The maximum Gasteiger partial charge on any atom is 0.240 e. The van der Waals surface area contributed by atoms with Gasteiger partial charge in [0.25, 0.3) is 0 Å². The van der Waals surface area contributed by atoms with Crippen molar-refractivity contribution in [2.45, 2.75) is 24.8 Å². The van der Waals surface area contributed by atoms with Gasteiger partial charge in [-0.1, -0.05) is 11.6 Å². The summed E-state index contributed by atoms with van der Waals surface area (Å²) < 4.78 is 25.9. The molecule has 0 spiro atoms. The Hall–Kier alpha value is -1.11. The van der Waals surface area contributed by atoms with Gasteiger partial charge < -0.3 is 9.90 Å². The molecule has 7 heteroatoms. The van der Waals surface area contributed by atoms with Crippen LogP contribution >= 0.6 is 11.6 Å². The molecule has 0 aliphatic rings. The molecule has 0 aliphatic carbocycles. The summed E-state index contributed by atoms with van der Waals surface area (Å²) >= 11 is 5.61. The van der Waals surface area contributed by atoms with Crippen molar-refractivity contribution < 1.29 is 18.3 Å². The van der Waals surface area contributed by atoms with Gasteiger partial charge in [0.05, 0.1) is 10.9 Å². The van der Waals surface area contributed by atoms with Gasteiger partial charge in [0.2, 0.25) is 10.0 Å². The fourth-order valence-corrected chi connectivity index (χ4v) is 2.68. The van der Waals surface area contributed by atoms with Gasteiger partial charge in [-0.05, 0) is 32.0 Å². The molecule has 94 valence electrons. The van der Waals surface area contributed by atoms with Crippen molar-refractivity contribution in [2.75, 3.05) is 0 Å². The molecule has 1 N–H and O–H groups in total. The summed E-state index contributed by atoms with van der Waals surface area (Å²) in [5.41, 5.74) is -0.349. The second kappa shape index (κ2) is 5.03. The first-order chi connectivity index (χ1) is 7.74. The number of carboxylic acid groups (broad SMARTS) is 1. The molecule has 0 saturated carbocycles. The summed E-state index contributed by atoms with van der Waals surface area (Å²) in [6.07, 6.45) is 0. The topological polar surface area (TPSA) is 86.3 Å². The van der Waals surface area contributed by atoms with E-state index in [1.54, 1.807) is 13.8 Å². The van der Waals surface area contributed by atoms with Crippen molar-refractivity contribution in [2.24, 2.45) is 0 Å². The molecule has 0 unspecified atom stereocenters. The van der Waals surface area contributed by atoms with Crippen molar-refractivity contribution in [3.8, 4) is 0 Å². The number of halogens is 1. The zero-order valence-electron chi connectivity index (χ0n) is 9.23. The fraction of sp³-hybridized carbons (Fsp3) is 0.300. The third-order valence-electron chi connectivity index (χ3n) is 1.86. The van der Waals surface area contributed by atoms with Crippen LogP contribution in [0.5, 0.6) is 0 Å². The van der Waals surface area contributed by atoms with E-state index >= 15 is 0 Å². The molecule has 0 heterocycles. The van der Waals surface area contributed by atoms with E-state index < -0.39 is 16.0 Å². The first-order valence-electron chi connectivity index (χ1n) is 4.77. The van der Waals surface area contributed by atoms with Gasteiger partial charge in [-0.25, -0.2) is 13.1 Å². The summed E-state index contributed by atoms with van der Waals surface area (Å²) in [4.78, 5) is 10.6. The van der Waals surface area contributed by atoms with Crippen molar-refractivity contribution in [1.29, 1.82) is 0 Å². The van der Waals surface area contributed by atoms with E-state index in [4.69, 9.17) is 11.6 Å². The van der Waals surface area contributed by atoms with Gasteiger partial charge in [0.15, 0.2) is 0 Å². The monoisotopic (exact) mass is 276 g/mol. The lowest BCUT2D eigenvalue weighted by Gasteiger charge is -2.12. The normalized spacial score (nSPS) is 11.8. The van der Waals surface area contributed by atoms with Crippen LogP contribution in [0, 0.1) is 0 Å². The number of carboxylic acids is 1. The molecule has 1 rings (SSSR count). The molecule has 0 atom stereocenters. The average Bonchev–Trinajstić information content (AvgIpc) is 2.15. The van der Waals surface area contributed by atoms with Crippen molar-refractivity contribution >= 4 is 27.6 Å². The molecule has 5 nitrogen and oxygen atoms in total. The highest BCUT2D eigenvalue weighted by Crippen LogP contribution is 2.20. The maximum absolute atomic E-state index is 11.8. The zero-order valence-corrected chi connectivity index (χ0v) is 10.8. The standard InChI is InChI=1S/C10H12ClNO4S/c1-6(2)12-17(15,16)7-3-4-9(11)8(5-7)10(13)14/h3-6,12H,1-2H3,(H,13,14)/p-1. The highest BCUT2D eigenvalue weighted by molar-refractivity contribution is 7.89. The zero-order chi connectivity index (χ0) is 13.2. The van der Waals surface area contributed by atoms with Gasteiger partial charge >= 0.3 is 0 Å². The number of aromatic carboxylic acids is 1. The van der Waals surface area contributed by atoms with Gasteiger partial charge in [-0.3, -0.25) is 0 Å². The molecule has 0 amide bonds. The lowest BCUT2D eigenvalue weighted by molar-refractivity contribution is -0.255. The Bertz CT molecular complexity index is 539. The van der Waals surface area contributed by atoms with Crippen molar-refractivity contribution in [3.63, 3.8) is 0 Å². The number of nitrogens with one attached hydrogen (secondary N) is 1. The Morgan fingerprint density at radius 2 is 2.00 bits per heavy atom. The molecule has 1 aromatic carbocycles. The van der Waals surface area contributed by atoms with Gasteiger partial charge in [-0.15, -0.1) is 0 Å². The Balaban J connectivity index is 3.25. The fourth-order valence-electron chi connectivity index (χ4n) is 1.21. The average molecular weight is 277 g/mol. The lowest BCUT2D eigenvalue weighted by atomic mass is 10.2. The summed E-state index contributed by atoms with van der Waals surface area (Å²) in [5.74, 6) is -1.52. The molecule has 0 aromatic heterocycles. The van der Waals surface area contributed by atoms with Crippen LogP contribution < -0.4 is 9.83 Å². The number of carbonyl (C=O) groups is 1. The van der Waals surface area contributed by atoms with E-state index in [1.807, 2.05) is 0 Å². The van der Waals surface area contributed by atoms with E-state index in [2.05, 4.69) is 4.72 Å². The molecule has 0 bridgehead atoms. The molecule has 0 aliphatic heterocycles. The van der Waals surface area contributed by atoms with Crippen LogP contribution in [0.4, 0.5) is 0 Å². The molecule has 1 aromatic rings. The highest BCUT2D eigenvalue weighted by Gasteiger charge is 2.16. The summed E-state index contributed by atoms with van der Waals surface area (Å²) in [6, 6.07) is 3.13. The number of benzene rings is 1. The minimum Gasteiger partial charge on any atom is -0.545 e. The molecule has 0 saturated heterocycles. The Morgan fingerprint density at radius 1 is 1.41 bits per heavy atom. The third kappa shape index (κ3) is 3.42. The van der Waals surface area contributed by atoms with Crippen LogP contribution in [0.25, 0.3) is 0 Å². The van der Waals surface area contributed by atoms with Crippen LogP contribution in [-0.2, 0) is 10.0 Å². The van der Waals surface area contributed by atoms with Crippen LogP contribution in [0.1, 0.15) is 24.2 Å². The quantitative estimate of drug-likeness (QED) is 0.862. The highest BCUT2D eigenvalue weighted by atomic mass is 35.5.